The Morgan fingerprint density at radius 3 is 2.56 bits per heavy atom. The standard InChI is InChI=1S/C20H27N5O2/c1-3-18-21-19(27-22-18)17-5-4-10-25(17)20(26)15-6-8-16(9-7-15)24-13-11-23(2)12-14-24/h6-9,17H,3-5,10-14H2,1-2H3/t17-/m0/s1. The number of benzene rings is 1. The minimum atomic E-state index is -0.109. The van der Waals surface area contributed by atoms with Crippen molar-refractivity contribution >= 4 is 11.6 Å². The molecular weight excluding hydrogens is 342 g/mol. The molecule has 144 valence electrons. The Bertz CT molecular complexity index is 780. The fraction of sp³-hybridized carbons (Fsp3) is 0.550. The van der Waals surface area contributed by atoms with Crippen molar-refractivity contribution in [3.63, 3.8) is 0 Å². The molecule has 1 aromatic heterocycles. The van der Waals surface area contributed by atoms with Crippen LogP contribution in [0.4, 0.5) is 5.69 Å². The molecule has 2 aliphatic rings. The molecule has 0 unspecified atom stereocenters. The van der Waals surface area contributed by atoms with Crippen LogP contribution in [0.3, 0.4) is 0 Å². The van der Waals surface area contributed by atoms with E-state index in [4.69, 9.17) is 4.52 Å². The Balaban J connectivity index is 1.47. The molecule has 2 aliphatic heterocycles. The summed E-state index contributed by atoms with van der Waals surface area (Å²) < 4.78 is 5.40. The summed E-state index contributed by atoms with van der Waals surface area (Å²) in [6.07, 6.45) is 2.56. The summed E-state index contributed by atoms with van der Waals surface area (Å²) >= 11 is 0. The van der Waals surface area contributed by atoms with Gasteiger partial charge in [0.2, 0.25) is 5.89 Å². The second-order valence-electron chi connectivity index (χ2n) is 7.40. The van der Waals surface area contributed by atoms with Gasteiger partial charge in [0, 0.05) is 50.4 Å². The number of nitrogens with zero attached hydrogens (tertiary/aromatic N) is 5. The highest BCUT2D eigenvalue weighted by Crippen LogP contribution is 2.32. The van der Waals surface area contributed by atoms with Gasteiger partial charge in [-0.05, 0) is 44.2 Å². The van der Waals surface area contributed by atoms with E-state index in [0.717, 1.165) is 57.5 Å². The van der Waals surface area contributed by atoms with Gasteiger partial charge in [0.25, 0.3) is 5.91 Å². The van der Waals surface area contributed by atoms with Crippen LogP contribution in [-0.4, -0.2) is 65.6 Å². The Hall–Kier alpha value is -2.41. The van der Waals surface area contributed by atoms with Crippen molar-refractivity contribution in [1.82, 2.24) is 19.9 Å². The number of likely N-dealkylation sites (N-methyl/N-ethyl adjacent to an activating group) is 1. The van der Waals surface area contributed by atoms with Gasteiger partial charge >= 0.3 is 0 Å². The second kappa shape index (κ2) is 7.68. The summed E-state index contributed by atoms with van der Waals surface area (Å²) in [6, 6.07) is 7.90. The molecule has 2 fully saturated rings. The maximum atomic E-state index is 13.1. The van der Waals surface area contributed by atoms with Crippen molar-refractivity contribution in [1.29, 1.82) is 0 Å². The van der Waals surface area contributed by atoms with E-state index < -0.39 is 0 Å². The number of aromatic nitrogens is 2. The van der Waals surface area contributed by atoms with E-state index in [1.807, 2.05) is 24.0 Å². The maximum Gasteiger partial charge on any atom is 0.254 e. The first-order chi connectivity index (χ1) is 13.2. The molecular formula is C20H27N5O2. The lowest BCUT2D eigenvalue weighted by atomic mass is 10.1. The average molecular weight is 369 g/mol. The molecule has 7 nitrogen and oxygen atoms in total. The predicted octanol–water partition coefficient (Wildman–Crippen LogP) is 2.36. The molecule has 1 atom stereocenters. The van der Waals surface area contributed by atoms with Crippen molar-refractivity contribution in [3.8, 4) is 0 Å². The van der Waals surface area contributed by atoms with Gasteiger partial charge in [0.05, 0.1) is 0 Å². The third-order valence-electron chi connectivity index (χ3n) is 5.58. The quantitative estimate of drug-likeness (QED) is 0.824. The number of hydrogen-bond donors (Lipinski definition) is 0. The molecule has 2 saturated heterocycles. The maximum absolute atomic E-state index is 13.1. The van der Waals surface area contributed by atoms with Crippen molar-refractivity contribution in [3.05, 3.63) is 41.5 Å². The summed E-state index contributed by atoms with van der Waals surface area (Å²) in [4.78, 5) is 24.1. The largest absolute Gasteiger partial charge is 0.369 e. The molecule has 4 rings (SSSR count). The zero-order valence-corrected chi connectivity index (χ0v) is 16.1. The summed E-state index contributed by atoms with van der Waals surface area (Å²) in [5.74, 6) is 1.30. The fourth-order valence-corrected chi connectivity index (χ4v) is 3.86. The third kappa shape index (κ3) is 3.69. The number of aryl methyl sites for hydroxylation is 1. The van der Waals surface area contributed by atoms with E-state index in [0.29, 0.717) is 11.7 Å². The number of rotatable bonds is 4. The monoisotopic (exact) mass is 369 g/mol. The molecule has 0 bridgehead atoms. The molecule has 7 heteroatoms. The first-order valence-corrected chi connectivity index (χ1v) is 9.82. The molecule has 1 amide bonds. The van der Waals surface area contributed by atoms with E-state index >= 15 is 0 Å². The van der Waals surface area contributed by atoms with Crippen LogP contribution >= 0.6 is 0 Å². The number of likely N-dealkylation sites (tertiary alicyclic amines) is 1. The second-order valence-corrected chi connectivity index (χ2v) is 7.40. The summed E-state index contributed by atoms with van der Waals surface area (Å²) in [7, 11) is 2.15. The van der Waals surface area contributed by atoms with Crippen molar-refractivity contribution in [2.24, 2.45) is 0 Å². The number of carbonyl (C=O) groups is 1. The van der Waals surface area contributed by atoms with Gasteiger partial charge in [-0.15, -0.1) is 0 Å². The van der Waals surface area contributed by atoms with Crippen LogP contribution in [0.25, 0.3) is 0 Å². The molecule has 1 aromatic carbocycles. The molecule has 0 aliphatic carbocycles. The molecule has 3 heterocycles. The van der Waals surface area contributed by atoms with E-state index in [1.165, 1.54) is 5.69 Å². The molecule has 0 spiro atoms. The molecule has 0 saturated carbocycles. The lowest BCUT2D eigenvalue weighted by molar-refractivity contribution is 0.0710. The van der Waals surface area contributed by atoms with Crippen LogP contribution in [0.5, 0.6) is 0 Å². The van der Waals surface area contributed by atoms with E-state index in [2.05, 4.69) is 39.1 Å². The van der Waals surface area contributed by atoms with Crippen molar-refractivity contribution < 1.29 is 9.32 Å². The van der Waals surface area contributed by atoms with Crippen LogP contribution in [0.1, 0.15) is 47.9 Å². The normalized spacial score (nSPS) is 21.0. The average Bonchev–Trinajstić information content (AvgIpc) is 3.37. The lowest BCUT2D eigenvalue weighted by Gasteiger charge is -2.34. The molecule has 27 heavy (non-hydrogen) atoms. The zero-order chi connectivity index (χ0) is 18.8. The van der Waals surface area contributed by atoms with E-state index in [1.54, 1.807) is 0 Å². The lowest BCUT2D eigenvalue weighted by Crippen LogP contribution is -2.44. The number of anilines is 1. The van der Waals surface area contributed by atoms with Gasteiger partial charge in [0.1, 0.15) is 6.04 Å². The number of carbonyl (C=O) groups excluding carboxylic acids is 1. The van der Waals surface area contributed by atoms with Gasteiger partial charge in [-0.3, -0.25) is 4.79 Å². The summed E-state index contributed by atoms with van der Waals surface area (Å²) in [5, 5.41) is 3.98. The van der Waals surface area contributed by atoms with Crippen LogP contribution < -0.4 is 4.90 Å². The molecule has 0 radical (unpaired) electrons. The van der Waals surface area contributed by atoms with Gasteiger partial charge in [-0.25, -0.2) is 0 Å². The third-order valence-corrected chi connectivity index (χ3v) is 5.58. The Morgan fingerprint density at radius 2 is 1.89 bits per heavy atom. The molecule has 2 aromatic rings. The van der Waals surface area contributed by atoms with Crippen LogP contribution in [-0.2, 0) is 6.42 Å². The first kappa shape index (κ1) is 18.0. The summed E-state index contributed by atoms with van der Waals surface area (Å²) in [6.45, 7) is 6.91. The highest BCUT2D eigenvalue weighted by molar-refractivity contribution is 5.95. The SMILES string of the molecule is CCc1noc([C@@H]2CCCN2C(=O)c2ccc(N3CCN(C)CC3)cc2)n1. The number of piperazine rings is 1. The van der Waals surface area contributed by atoms with Gasteiger partial charge in [-0.2, -0.15) is 4.98 Å². The van der Waals surface area contributed by atoms with Gasteiger partial charge in [-0.1, -0.05) is 12.1 Å². The van der Waals surface area contributed by atoms with Crippen molar-refractivity contribution in [2.75, 3.05) is 44.7 Å². The Labute approximate surface area is 159 Å². The minimum absolute atomic E-state index is 0.0404. The highest BCUT2D eigenvalue weighted by atomic mass is 16.5. The number of hydrogen-bond acceptors (Lipinski definition) is 6. The fourth-order valence-electron chi connectivity index (χ4n) is 3.86. The highest BCUT2D eigenvalue weighted by Gasteiger charge is 2.34. The van der Waals surface area contributed by atoms with Crippen LogP contribution in [0, 0.1) is 0 Å². The topological polar surface area (TPSA) is 65.7 Å². The van der Waals surface area contributed by atoms with Crippen LogP contribution in [0.15, 0.2) is 28.8 Å². The smallest absolute Gasteiger partial charge is 0.254 e. The van der Waals surface area contributed by atoms with E-state index in [9.17, 15) is 4.79 Å². The first-order valence-electron chi connectivity index (χ1n) is 9.82. The predicted molar refractivity (Wildman–Crippen MR) is 103 cm³/mol. The number of amides is 1. The Morgan fingerprint density at radius 1 is 1.15 bits per heavy atom. The minimum Gasteiger partial charge on any atom is -0.369 e. The van der Waals surface area contributed by atoms with Gasteiger partial charge in [0.15, 0.2) is 5.82 Å². The zero-order valence-electron chi connectivity index (χ0n) is 16.1. The molecule has 0 N–H and O–H groups in total. The van der Waals surface area contributed by atoms with Gasteiger partial charge < -0.3 is 19.2 Å². The Kier molecular flexibility index (Phi) is 5.11. The van der Waals surface area contributed by atoms with E-state index in [-0.39, 0.29) is 11.9 Å². The summed E-state index contributed by atoms with van der Waals surface area (Å²) in [5.41, 5.74) is 1.90. The van der Waals surface area contributed by atoms with Crippen LogP contribution in [0.2, 0.25) is 0 Å². The van der Waals surface area contributed by atoms with Crippen molar-refractivity contribution in [2.45, 2.75) is 32.2 Å².